The van der Waals surface area contributed by atoms with Crippen LogP contribution < -0.4 is 10.6 Å². The van der Waals surface area contributed by atoms with Crippen LogP contribution in [0.25, 0.3) is 0 Å². The first-order chi connectivity index (χ1) is 12.7. The Kier molecular flexibility index (Phi) is 12.7. The average molecular weight is 493 g/mol. The monoisotopic (exact) mass is 493 g/mol. The van der Waals surface area contributed by atoms with Crippen molar-refractivity contribution < 1.29 is 9.47 Å². The Morgan fingerprint density at radius 3 is 3.00 bits per heavy atom. The van der Waals surface area contributed by atoms with Crippen molar-refractivity contribution in [1.29, 1.82) is 0 Å². The lowest BCUT2D eigenvalue weighted by Crippen LogP contribution is -2.38. The van der Waals surface area contributed by atoms with E-state index in [9.17, 15) is 0 Å². The summed E-state index contributed by atoms with van der Waals surface area (Å²) < 4.78 is 13.4. The molecule has 2 heterocycles. The molecule has 1 aliphatic heterocycles. The summed E-state index contributed by atoms with van der Waals surface area (Å²) in [5.41, 5.74) is 0. The van der Waals surface area contributed by atoms with Crippen molar-refractivity contribution in [2.45, 2.75) is 59.2 Å². The van der Waals surface area contributed by atoms with E-state index in [4.69, 9.17) is 9.47 Å². The molecule has 0 saturated carbocycles. The maximum Gasteiger partial charge on any atom is 0.191 e. The Balaban J connectivity index is 0.00000364. The van der Waals surface area contributed by atoms with Crippen LogP contribution in [0.2, 0.25) is 0 Å². The fourth-order valence-electron chi connectivity index (χ4n) is 2.91. The van der Waals surface area contributed by atoms with Gasteiger partial charge in [-0.15, -0.1) is 24.0 Å². The predicted octanol–water partition coefficient (Wildman–Crippen LogP) is 2.80. The SMILES string of the molecule is CCNC(=NCc1nccn1CC(C)C)NCCCOCC1CCCO1.I. The Morgan fingerprint density at radius 2 is 2.30 bits per heavy atom. The first-order valence-corrected chi connectivity index (χ1v) is 9.90. The standard InChI is InChI=1S/C19H35N5O2.HI/c1-4-20-19(22-8-6-11-25-15-17-7-5-12-26-17)23-13-18-21-9-10-24(18)14-16(2)3;/h9-10,16-17H,4-8,11-15H2,1-3H3,(H2,20,22,23);1H. The Morgan fingerprint density at radius 1 is 1.44 bits per heavy atom. The number of nitrogens with one attached hydrogen (secondary N) is 2. The lowest BCUT2D eigenvalue weighted by Gasteiger charge is -2.13. The van der Waals surface area contributed by atoms with Crippen molar-refractivity contribution in [1.82, 2.24) is 20.2 Å². The summed E-state index contributed by atoms with van der Waals surface area (Å²) in [5.74, 6) is 2.41. The number of halogens is 1. The Labute approximate surface area is 180 Å². The topological polar surface area (TPSA) is 72.7 Å². The minimum atomic E-state index is 0. The zero-order valence-corrected chi connectivity index (χ0v) is 19.3. The molecule has 7 nitrogen and oxygen atoms in total. The molecule has 27 heavy (non-hydrogen) atoms. The minimum Gasteiger partial charge on any atom is -0.379 e. The van der Waals surface area contributed by atoms with E-state index < -0.39 is 0 Å². The fraction of sp³-hybridized carbons (Fsp3) is 0.789. The smallest absolute Gasteiger partial charge is 0.191 e. The van der Waals surface area contributed by atoms with Gasteiger partial charge in [0.05, 0.1) is 12.7 Å². The molecule has 0 radical (unpaired) electrons. The lowest BCUT2D eigenvalue weighted by molar-refractivity contribution is 0.0168. The molecule has 2 N–H and O–H groups in total. The molecule has 8 heteroatoms. The van der Waals surface area contributed by atoms with Gasteiger partial charge in [-0.25, -0.2) is 9.98 Å². The van der Waals surface area contributed by atoms with Crippen molar-refractivity contribution in [3.63, 3.8) is 0 Å². The largest absolute Gasteiger partial charge is 0.379 e. The summed E-state index contributed by atoms with van der Waals surface area (Å²) in [6.07, 6.45) is 7.40. The number of imidazole rings is 1. The Bertz CT molecular complexity index is 530. The fourth-order valence-corrected chi connectivity index (χ4v) is 2.91. The summed E-state index contributed by atoms with van der Waals surface area (Å²) in [6.45, 7) is 12.0. The van der Waals surface area contributed by atoms with Crippen molar-refractivity contribution in [3.8, 4) is 0 Å². The predicted molar refractivity (Wildman–Crippen MR) is 120 cm³/mol. The van der Waals surface area contributed by atoms with Gasteiger partial charge in [0, 0.05) is 45.2 Å². The molecule has 1 unspecified atom stereocenters. The van der Waals surface area contributed by atoms with Crippen LogP contribution in [0.5, 0.6) is 0 Å². The van der Waals surface area contributed by atoms with Gasteiger partial charge >= 0.3 is 0 Å². The summed E-state index contributed by atoms with van der Waals surface area (Å²) in [4.78, 5) is 9.08. The van der Waals surface area contributed by atoms with Crippen LogP contribution in [0.4, 0.5) is 0 Å². The molecule has 1 fully saturated rings. The van der Waals surface area contributed by atoms with E-state index in [2.05, 4.69) is 45.9 Å². The van der Waals surface area contributed by atoms with Crippen molar-refractivity contribution in [3.05, 3.63) is 18.2 Å². The van der Waals surface area contributed by atoms with Gasteiger partial charge in [-0.1, -0.05) is 13.8 Å². The number of rotatable bonds is 11. The highest BCUT2D eigenvalue weighted by Gasteiger charge is 2.14. The third-order valence-electron chi connectivity index (χ3n) is 4.17. The molecule has 0 spiro atoms. The second kappa shape index (κ2) is 14.2. The van der Waals surface area contributed by atoms with Gasteiger partial charge < -0.3 is 24.7 Å². The molecule has 0 aliphatic carbocycles. The second-order valence-corrected chi connectivity index (χ2v) is 7.08. The van der Waals surface area contributed by atoms with Gasteiger partial charge in [0.25, 0.3) is 0 Å². The summed E-state index contributed by atoms with van der Waals surface area (Å²) in [7, 11) is 0. The van der Waals surface area contributed by atoms with Crippen LogP contribution in [0.1, 0.15) is 45.9 Å². The van der Waals surface area contributed by atoms with Gasteiger partial charge in [-0.2, -0.15) is 0 Å². The summed E-state index contributed by atoms with van der Waals surface area (Å²) >= 11 is 0. The zero-order chi connectivity index (χ0) is 18.6. The molecule has 0 bridgehead atoms. The number of guanidine groups is 1. The van der Waals surface area contributed by atoms with Crippen LogP contribution in [0.15, 0.2) is 17.4 Å². The van der Waals surface area contributed by atoms with Gasteiger partial charge in [-0.05, 0) is 32.1 Å². The van der Waals surface area contributed by atoms with Crippen LogP contribution in [0, 0.1) is 5.92 Å². The maximum atomic E-state index is 5.69. The van der Waals surface area contributed by atoms with Crippen molar-refractivity contribution >= 4 is 29.9 Å². The molecule has 1 aliphatic rings. The van der Waals surface area contributed by atoms with Crippen LogP contribution >= 0.6 is 24.0 Å². The van der Waals surface area contributed by atoms with Gasteiger partial charge in [0.1, 0.15) is 12.4 Å². The molecule has 1 aromatic heterocycles. The normalized spacial score (nSPS) is 17.2. The summed E-state index contributed by atoms with van der Waals surface area (Å²) in [6, 6.07) is 0. The van der Waals surface area contributed by atoms with Gasteiger partial charge in [-0.3, -0.25) is 0 Å². The van der Waals surface area contributed by atoms with Crippen LogP contribution in [-0.2, 0) is 22.6 Å². The first-order valence-electron chi connectivity index (χ1n) is 9.90. The number of hydrogen-bond acceptors (Lipinski definition) is 4. The second-order valence-electron chi connectivity index (χ2n) is 7.08. The summed E-state index contributed by atoms with van der Waals surface area (Å²) in [5, 5.41) is 6.64. The number of aliphatic imine (C=N–C) groups is 1. The van der Waals surface area contributed by atoms with E-state index in [0.29, 0.717) is 25.2 Å². The number of hydrogen-bond donors (Lipinski definition) is 2. The van der Waals surface area contributed by atoms with E-state index >= 15 is 0 Å². The quantitative estimate of drug-likeness (QED) is 0.215. The number of nitrogens with zero attached hydrogens (tertiary/aromatic N) is 3. The molecule has 2 rings (SSSR count). The molecule has 1 saturated heterocycles. The van der Waals surface area contributed by atoms with E-state index in [1.165, 1.54) is 0 Å². The molecule has 1 aromatic rings. The third-order valence-corrected chi connectivity index (χ3v) is 4.17. The molecular weight excluding hydrogens is 457 g/mol. The van der Waals surface area contributed by atoms with Gasteiger partial charge in [0.2, 0.25) is 0 Å². The average Bonchev–Trinajstić information content (AvgIpc) is 3.27. The number of aromatic nitrogens is 2. The van der Waals surface area contributed by atoms with E-state index in [-0.39, 0.29) is 24.0 Å². The molecule has 0 aromatic carbocycles. The molecule has 0 amide bonds. The molecular formula is C19H36IN5O2. The van der Waals surface area contributed by atoms with E-state index in [1.54, 1.807) is 0 Å². The molecule has 156 valence electrons. The minimum absolute atomic E-state index is 0. The van der Waals surface area contributed by atoms with Crippen LogP contribution in [-0.4, -0.2) is 54.5 Å². The number of ether oxygens (including phenoxy) is 2. The Hall–Kier alpha value is -0.870. The van der Waals surface area contributed by atoms with E-state index in [1.807, 2.05) is 12.4 Å². The first kappa shape index (κ1) is 24.2. The lowest BCUT2D eigenvalue weighted by atomic mass is 10.2. The van der Waals surface area contributed by atoms with Crippen molar-refractivity contribution in [2.75, 3.05) is 32.9 Å². The van der Waals surface area contributed by atoms with Crippen molar-refractivity contribution in [2.24, 2.45) is 10.9 Å². The maximum absolute atomic E-state index is 5.69. The highest BCUT2D eigenvalue weighted by Crippen LogP contribution is 2.11. The third kappa shape index (κ3) is 9.75. The zero-order valence-electron chi connectivity index (χ0n) is 16.9. The highest BCUT2D eigenvalue weighted by molar-refractivity contribution is 14.0. The van der Waals surface area contributed by atoms with E-state index in [0.717, 1.165) is 63.9 Å². The molecule has 1 atom stereocenters. The highest BCUT2D eigenvalue weighted by atomic mass is 127. The van der Waals surface area contributed by atoms with Gasteiger partial charge in [0.15, 0.2) is 5.96 Å². The van der Waals surface area contributed by atoms with Crippen LogP contribution in [0.3, 0.4) is 0 Å².